The number of hydrogen-bond donors (Lipinski definition) is 13. The zero-order valence-electron chi connectivity index (χ0n) is 29.2. The molecular weight excluding hydrogens is 716 g/mol. The van der Waals surface area contributed by atoms with E-state index in [2.05, 4.69) is 0 Å². The lowest BCUT2D eigenvalue weighted by molar-refractivity contribution is -0.370. The smallest absolute Gasteiger partial charge is 0.187 e. The number of hydrogen-bond acceptors (Lipinski definition) is 19. The lowest BCUT2D eigenvalue weighted by Gasteiger charge is -2.50. The van der Waals surface area contributed by atoms with E-state index in [1.165, 1.54) is 6.92 Å². The van der Waals surface area contributed by atoms with Crippen molar-refractivity contribution in [1.82, 2.24) is 0 Å². The molecule has 0 aromatic rings. The van der Waals surface area contributed by atoms with Crippen molar-refractivity contribution >= 4 is 0 Å². The van der Waals surface area contributed by atoms with Crippen LogP contribution in [0.1, 0.15) is 45.4 Å². The first-order chi connectivity index (χ1) is 25.1. The second-order valence-corrected chi connectivity index (χ2v) is 15.5. The van der Waals surface area contributed by atoms with Gasteiger partial charge >= 0.3 is 0 Å². The summed E-state index contributed by atoms with van der Waals surface area (Å²) in [4.78, 5) is 0. The Hall–Kier alpha value is -0.800. The van der Waals surface area contributed by atoms with E-state index in [0.29, 0.717) is 6.42 Å². The zero-order valence-corrected chi connectivity index (χ0v) is 29.2. The minimum absolute atomic E-state index is 0.0593. The summed E-state index contributed by atoms with van der Waals surface area (Å²) >= 11 is 0. The first-order valence-electron chi connectivity index (χ1n) is 18.5. The van der Waals surface area contributed by atoms with Crippen LogP contribution in [0, 0.1) is 11.8 Å². The molecule has 20 nitrogen and oxygen atoms in total. The van der Waals surface area contributed by atoms with Gasteiger partial charge in [-0.2, -0.15) is 0 Å². The maximum absolute atomic E-state index is 11.0. The maximum atomic E-state index is 11.0. The van der Waals surface area contributed by atoms with Gasteiger partial charge in [-0.15, -0.1) is 0 Å². The lowest BCUT2D eigenvalue weighted by atomic mass is 9.72. The van der Waals surface area contributed by atoms with E-state index >= 15 is 0 Å². The largest absolute Gasteiger partial charge is 0.427 e. The van der Waals surface area contributed by atoms with E-state index in [1.54, 1.807) is 0 Å². The highest BCUT2D eigenvalue weighted by Crippen LogP contribution is 2.44. The van der Waals surface area contributed by atoms with Crippen molar-refractivity contribution in [3.05, 3.63) is 0 Å². The van der Waals surface area contributed by atoms with Gasteiger partial charge in [-0.3, -0.25) is 0 Å². The molecule has 6 rings (SSSR count). The van der Waals surface area contributed by atoms with Gasteiger partial charge in [0.2, 0.25) is 0 Å². The minimum atomic E-state index is -1.80. The summed E-state index contributed by atoms with van der Waals surface area (Å²) < 4.78 is 40.1. The highest BCUT2D eigenvalue weighted by Gasteiger charge is 2.57. The number of fused-ring (bicyclic) bond motifs is 1. The van der Waals surface area contributed by atoms with Gasteiger partial charge in [-0.1, -0.05) is 0 Å². The minimum Gasteiger partial charge on any atom is -0.427 e. The standard InChI is InChI=1S/C33H56O20/c1-10-21(38)24(41)27(44)31(48-10)47-9-20-23(40)26(43)29(46)33(53-20)51-18-7-13-16(49-30(18)11-2-3-14(36)15(37)4-11)5-12(35)6-17(13)50-32-28(45)25(42)22(39)19(8-34)52-32/h10-46H,2-9H2,1H3/p+1. The molecule has 4 saturated heterocycles. The van der Waals surface area contributed by atoms with E-state index in [1.807, 2.05) is 0 Å². The SMILES string of the molecule is CC1OC(OCC2OC(OC3CC4C(OC5OC(CO)C(O)C(O)C5O)CC(O)CC4[OH+]C3C3CCC(O)C(O)C3)C(O)C(O)C2O)C(O)C(O)C1O. The van der Waals surface area contributed by atoms with Crippen molar-refractivity contribution in [2.75, 3.05) is 13.2 Å². The lowest BCUT2D eigenvalue weighted by Crippen LogP contribution is -2.64. The Morgan fingerprint density at radius 3 is 1.79 bits per heavy atom. The topological polar surface area (TPSA) is 331 Å². The molecular formula is C33H57O20+. The van der Waals surface area contributed by atoms with E-state index in [4.69, 9.17) is 33.2 Å². The molecule has 24 atom stereocenters. The van der Waals surface area contributed by atoms with E-state index in [-0.39, 0.29) is 38.0 Å². The summed E-state index contributed by atoms with van der Waals surface area (Å²) in [6.07, 6.45) is -27.4. The Kier molecular flexibility index (Phi) is 13.7. The molecule has 14 N–H and O–H groups in total. The second kappa shape index (κ2) is 17.4. The summed E-state index contributed by atoms with van der Waals surface area (Å²) in [7, 11) is 0. The Morgan fingerprint density at radius 2 is 1.15 bits per heavy atom. The average Bonchev–Trinajstić information content (AvgIpc) is 3.13. The summed E-state index contributed by atoms with van der Waals surface area (Å²) in [5.41, 5.74) is 0. The maximum Gasteiger partial charge on any atom is 0.187 e. The predicted molar refractivity (Wildman–Crippen MR) is 171 cm³/mol. The highest BCUT2D eigenvalue weighted by atomic mass is 16.7. The van der Waals surface area contributed by atoms with Gasteiger partial charge in [0.05, 0.1) is 49.7 Å². The van der Waals surface area contributed by atoms with Gasteiger partial charge < -0.3 is 99.5 Å². The normalized spacial score (nSPS) is 55.4. The van der Waals surface area contributed by atoms with Crippen molar-refractivity contribution in [3.63, 3.8) is 0 Å². The van der Waals surface area contributed by atoms with E-state index < -0.39 is 154 Å². The molecule has 0 aromatic heterocycles. The fraction of sp³-hybridized carbons (Fsp3) is 1.00. The van der Waals surface area contributed by atoms with Crippen LogP contribution in [0.15, 0.2) is 0 Å². The summed E-state index contributed by atoms with van der Waals surface area (Å²) in [6, 6.07) is 0. The van der Waals surface area contributed by atoms with Crippen LogP contribution >= 0.6 is 0 Å². The molecule has 0 radical (unpaired) electrons. The van der Waals surface area contributed by atoms with Crippen LogP contribution in [0.5, 0.6) is 0 Å². The molecule has 0 aromatic carbocycles. The van der Waals surface area contributed by atoms with Crippen LogP contribution in [0.25, 0.3) is 0 Å². The molecule has 20 heteroatoms. The molecule has 4 heterocycles. The molecule has 2 saturated carbocycles. The molecule has 2 aliphatic carbocycles. The predicted octanol–water partition coefficient (Wildman–Crippen LogP) is -6.83. The quantitative estimate of drug-likeness (QED) is 0.0968. The zero-order chi connectivity index (χ0) is 38.5. The van der Waals surface area contributed by atoms with Crippen LogP contribution in [-0.4, -0.2) is 219 Å². The average molecular weight is 774 g/mol. The van der Waals surface area contributed by atoms with Gasteiger partial charge in [0.25, 0.3) is 0 Å². The fourth-order valence-corrected chi connectivity index (χ4v) is 8.67. The van der Waals surface area contributed by atoms with Gasteiger partial charge in [0.1, 0.15) is 73.2 Å². The molecule has 0 spiro atoms. The van der Waals surface area contributed by atoms with Crippen LogP contribution in [0.3, 0.4) is 0 Å². The van der Waals surface area contributed by atoms with Crippen LogP contribution < -0.4 is 0 Å². The fourth-order valence-electron chi connectivity index (χ4n) is 8.67. The van der Waals surface area contributed by atoms with Crippen LogP contribution in [0.4, 0.5) is 0 Å². The van der Waals surface area contributed by atoms with Crippen molar-refractivity contribution in [3.8, 4) is 0 Å². The van der Waals surface area contributed by atoms with Crippen molar-refractivity contribution in [1.29, 1.82) is 0 Å². The van der Waals surface area contributed by atoms with E-state index in [0.717, 1.165) is 0 Å². The monoisotopic (exact) mass is 773 g/mol. The van der Waals surface area contributed by atoms with Crippen molar-refractivity contribution in [2.45, 2.75) is 180 Å². The van der Waals surface area contributed by atoms with Gasteiger partial charge in [-0.25, -0.2) is 0 Å². The molecule has 53 heavy (non-hydrogen) atoms. The molecule has 0 bridgehead atoms. The number of rotatable bonds is 9. The van der Waals surface area contributed by atoms with E-state index in [9.17, 15) is 66.4 Å². The Morgan fingerprint density at radius 1 is 0.566 bits per heavy atom. The highest BCUT2D eigenvalue weighted by molar-refractivity contribution is 5.00. The third-order valence-electron chi connectivity index (χ3n) is 11.9. The number of aliphatic hydroxyl groups excluding tert-OH is 13. The molecule has 0 amide bonds. The number of ether oxygens (including phenoxy) is 7. The molecule has 308 valence electrons. The van der Waals surface area contributed by atoms with Gasteiger partial charge in [0, 0.05) is 18.8 Å². The second-order valence-electron chi connectivity index (χ2n) is 15.5. The molecule has 24 unspecified atom stereocenters. The Balaban J connectivity index is 1.20. The van der Waals surface area contributed by atoms with Gasteiger partial charge in [-0.05, 0) is 32.6 Å². The summed E-state index contributed by atoms with van der Waals surface area (Å²) in [6.45, 7) is 0.277. The Bertz CT molecular complexity index is 1170. The summed E-state index contributed by atoms with van der Waals surface area (Å²) in [5.74, 6) is -0.845. The molecule has 6 fully saturated rings. The first-order valence-corrected chi connectivity index (χ1v) is 18.5. The summed E-state index contributed by atoms with van der Waals surface area (Å²) in [5, 5.41) is 136. The first kappa shape index (κ1) is 41.8. The van der Waals surface area contributed by atoms with Crippen LogP contribution in [0.2, 0.25) is 0 Å². The number of aliphatic hydroxyl groups is 15. The van der Waals surface area contributed by atoms with Crippen molar-refractivity contribution in [2.24, 2.45) is 11.8 Å². The van der Waals surface area contributed by atoms with Crippen LogP contribution in [-0.2, 0) is 28.4 Å². The molecule has 4 aliphatic heterocycles. The third kappa shape index (κ3) is 8.72. The van der Waals surface area contributed by atoms with Crippen molar-refractivity contribution < 1.29 is 99.5 Å². The Labute approximate surface area is 305 Å². The molecule has 6 aliphatic rings. The third-order valence-corrected chi connectivity index (χ3v) is 11.9. The van der Waals surface area contributed by atoms with Gasteiger partial charge in [0.15, 0.2) is 31.1 Å².